The molecular formula is C16H23N5O2. The van der Waals surface area contributed by atoms with Crippen LogP contribution in [0, 0.1) is 0 Å². The highest BCUT2D eigenvalue weighted by Crippen LogP contribution is 2.13. The predicted octanol–water partition coefficient (Wildman–Crippen LogP) is 3.26. The van der Waals surface area contributed by atoms with E-state index < -0.39 is 11.7 Å². The Morgan fingerprint density at radius 1 is 1.30 bits per heavy atom. The molecular weight excluding hydrogens is 294 g/mol. The minimum absolute atomic E-state index is 0.448. The fraction of sp³-hybridized carbons (Fsp3) is 0.438. The fourth-order valence-corrected chi connectivity index (χ4v) is 1.86. The monoisotopic (exact) mass is 317 g/mol. The van der Waals surface area contributed by atoms with Crippen molar-refractivity contribution in [2.75, 3.05) is 10.6 Å². The van der Waals surface area contributed by atoms with Crippen molar-refractivity contribution in [2.24, 2.45) is 0 Å². The van der Waals surface area contributed by atoms with Crippen molar-refractivity contribution in [1.29, 1.82) is 0 Å². The molecule has 0 aromatic carbocycles. The Balaban J connectivity index is 1.85. The van der Waals surface area contributed by atoms with E-state index in [9.17, 15) is 4.79 Å². The number of aryl methyl sites for hydroxylation is 1. The third-order valence-corrected chi connectivity index (χ3v) is 2.90. The first kappa shape index (κ1) is 16.8. The van der Waals surface area contributed by atoms with Crippen LogP contribution in [-0.4, -0.2) is 26.5 Å². The summed E-state index contributed by atoms with van der Waals surface area (Å²) in [6.45, 7) is 9.01. The van der Waals surface area contributed by atoms with Crippen LogP contribution in [0.25, 0.3) is 0 Å². The van der Waals surface area contributed by atoms with Crippen molar-refractivity contribution in [1.82, 2.24) is 14.8 Å². The molecule has 1 amide bonds. The molecule has 0 fully saturated rings. The Hall–Kier alpha value is -2.57. The molecule has 0 aliphatic rings. The first-order valence-corrected chi connectivity index (χ1v) is 7.57. The van der Waals surface area contributed by atoms with Gasteiger partial charge in [0.1, 0.15) is 11.4 Å². The predicted molar refractivity (Wildman–Crippen MR) is 89.3 cm³/mol. The average molecular weight is 317 g/mol. The molecule has 2 rings (SSSR count). The van der Waals surface area contributed by atoms with Crippen LogP contribution in [0.15, 0.2) is 30.7 Å². The maximum atomic E-state index is 11.7. The maximum Gasteiger partial charge on any atom is 0.413 e. The third-order valence-electron chi connectivity index (χ3n) is 2.90. The van der Waals surface area contributed by atoms with Crippen LogP contribution in [0.1, 0.15) is 33.3 Å². The molecule has 2 heterocycles. The normalized spacial score (nSPS) is 11.1. The molecule has 0 unspecified atom stereocenters. The molecule has 124 valence electrons. The Morgan fingerprint density at radius 2 is 2.09 bits per heavy atom. The topological polar surface area (TPSA) is 81.1 Å². The Labute approximate surface area is 136 Å². The number of nitrogens with zero attached hydrogens (tertiary/aromatic N) is 3. The van der Waals surface area contributed by atoms with E-state index in [2.05, 4.69) is 20.7 Å². The van der Waals surface area contributed by atoms with Gasteiger partial charge in [0.25, 0.3) is 0 Å². The molecule has 0 aliphatic carbocycles. The van der Waals surface area contributed by atoms with Crippen LogP contribution in [0.2, 0.25) is 0 Å². The second kappa shape index (κ2) is 7.13. The summed E-state index contributed by atoms with van der Waals surface area (Å²) in [4.78, 5) is 15.8. The maximum absolute atomic E-state index is 11.7. The number of amides is 1. The molecule has 0 bridgehead atoms. The number of hydrogen-bond acceptors (Lipinski definition) is 5. The van der Waals surface area contributed by atoms with Gasteiger partial charge in [0.15, 0.2) is 0 Å². The van der Waals surface area contributed by atoms with Crippen LogP contribution in [0.3, 0.4) is 0 Å². The van der Waals surface area contributed by atoms with E-state index in [0.29, 0.717) is 12.4 Å². The van der Waals surface area contributed by atoms with Crippen molar-refractivity contribution in [3.05, 3.63) is 36.3 Å². The lowest BCUT2D eigenvalue weighted by atomic mass is 10.2. The van der Waals surface area contributed by atoms with Gasteiger partial charge < -0.3 is 10.1 Å². The third kappa shape index (κ3) is 5.61. The highest BCUT2D eigenvalue weighted by Gasteiger charge is 2.16. The quantitative estimate of drug-likeness (QED) is 0.884. The van der Waals surface area contributed by atoms with Gasteiger partial charge in [-0.05, 0) is 39.8 Å². The number of anilines is 2. The first-order valence-electron chi connectivity index (χ1n) is 7.57. The summed E-state index contributed by atoms with van der Waals surface area (Å²) in [7, 11) is 0. The van der Waals surface area contributed by atoms with E-state index >= 15 is 0 Å². The fourth-order valence-electron chi connectivity index (χ4n) is 1.86. The molecule has 0 saturated carbocycles. The largest absolute Gasteiger partial charge is 0.444 e. The molecule has 0 atom stereocenters. The lowest BCUT2D eigenvalue weighted by Crippen LogP contribution is -2.27. The SMILES string of the molecule is CCn1cc(CNc2ccc(NC(=O)OC(C)(C)C)nc2)cn1. The second-order valence-electron chi connectivity index (χ2n) is 6.12. The molecule has 0 aliphatic heterocycles. The van der Waals surface area contributed by atoms with Gasteiger partial charge in [-0.1, -0.05) is 0 Å². The van der Waals surface area contributed by atoms with Crippen LogP contribution < -0.4 is 10.6 Å². The van der Waals surface area contributed by atoms with Gasteiger partial charge in [0.2, 0.25) is 0 Å². The van der Waals surface area contributed by atoms with Crippen LogP contribution in [0.4, 0.5) is 16.3 Å². The highest BCUT2D eigenvalue weighted by molar-refractivity contribution is 5.83. The van der Waals surface area contributed by atoms with Gasteiger partial charge in [0, 0.05) is 24.8 Å². The van der Waals surface area contributed by atoms with Gasteiger partial charge in [-0.2, -0.15) is 5.10 Å². The smallest absolute Gasteiger partial charge is 0.413 e. The molecule has 0 radical (unpaired) electrons. The number of hydrogen-bond donors (Lipinski definition) is 2. The summed E-state index contributed by atoms with van der Waals surface area (Å²) in [5, 5.41) is 10.1. The average Bonchev–Trinajstić information content (AvgIpc) is 2.92. The van der Waals surface area contributed by atoms with E-state index in [-0.39, 0.29) is 0 Å². The Kier molecular flexibility index (Phi) is 5.20. The number of aromatic nitrogens is 3. The number of nitrogens with one attached hydrogen (secondary N) is 2. The standard InChI is InChI=1S/C16H23N5O2/c1-5-21-11-12(9-19-21)8-17-13-6-7-14(18-10-13)20-15(22)23-16(2,3)4/h6-7,9-11,17H,5,8H2,1-4H3,(H,18,20,22). The van der Waals surface area contributed by atoms with Crippen LogP contribution in [-0.2, 0) is 17.8 Å². The molecule has 2 aromatic rings. The van der Waals surface area contributed by atoms with E-state index in [1.54, 1.807) is 12.3 Å². The molecule has 7 nitrogen and oxygen atoms in total. The number of carbonyl (C=O) groups excluding carboxylic acids is 1. The molecule has 2 N–H and O–H groups in total. The minimum Gasteiger partial charge on any atom is -0.444 e. The van der Waals surface area contributed by atoms with Crippen LogP contribution in [0.5, 0.6) is 0 Å². The van der Waals surface area contributed by atoms with Crippen LogP contribution >= 0.6 is 0 Å². The van der Waals surface area contributed by atoms with Gasteiger partial charge in [-0.3, -0.25) is 10.00 Å². The zero-order valence-electron chi connectivity index (χ0n) is 14.0. The Morgan fingerprint density at radius 3 is 2.65 bits per heavy atom. The van der Waals surface area contributed by atoms with Gasteiger partial charge in [-0.15, -0.1) is 0 Å². The van der Waals surface area contributed by atoms with E-state index in [1.165, 1.54) is 0 Å². The van der Waals surface area contributed by atoms with Crippen molar-refractivity contribution in [2.45, 2.75) is 46.4 Å². The second-order valence-corrected chi connectivity index (χ2v) is 6.12. The molecule has 7 heteroatoms. The number of ether oxygens (including phenoxy) is 1. The van der Waals surface area contributed by atoms with E-state index in [1.807, 2.05) is 50.8 Å². The van der Waals surface area contributed by atoms with E-state index in [0.717, 1.165) is 17.8 Å². The number of pyridine rings is 1. The molecule has 23 heavy (non-hydrogen) atoms. The summed E-state index contributed by atoms with van der Waals surface area (Å²) in [6, 6.07) is 3.58. The lowest BCUT2D eigenvalue weighted by molar-refractivity contribution is 0.0635. The first-order chi connectivity index (χ1) is 10.9. The molecule has 2 aromatic heterocycles. The summed E-state index contributed by atoms with van der Waals surface area (Å²) in [5.74, 6) is 0.448. The number of carbonyl (C=O) groups is 1. The minimum atomic E-state index is -0.533. The number of rotatable bonds is 5. The zero-order chi connectivity index (χ0) is 16.9. The summed E-state index contributed by atoms with van der Waals surface area (Å²) >= 11 is 0. The zero-order valence-corrected chi connectivity index (χ0v) is 14.0. The van der Waals surface area contributed by atoms with Gasteiger partial charge in [-0.25, -0.2) is 9.78 Å². The molecule has 0 saturated heterocycles. The van der Waals surface area contributed by atoms with Crippen molar-refractivity contribution < 1.29 is 9.53 Å². The lowest BCUT2D eigenvalue weighted by Gasteiger charge is -2.19. The summed E-state index contributed by atoms with van der Waals surface area (Å²) in [6.07, 6.45) is 4.98. The highest BCUT2D eigenvalue weighted by atomic mass is 16.6. The summed E-state index contributed by atoms with van der Waals surface area (Å²) < 4.78 is 7.05. The van der Waals surface area contributed by atoms with Crippen molar-refractivity contribution in [3.8, 4) is 0 Å². The van der Waals surface area contributed by atoms with Gasteiger partial charge in [0.05, 0.1) is 18.1 Å². The van der Waals surface area contributed by atoms with Crippen molar-refractivity contribution in [3.63, 3.8) is 0 Å². The Bertz CT molecular complexity index is 643. The van der Waals surface area contributed by atoms with E-state index in [4.69, 9.17) is 4.74 Å². The van der Waals surface area contributed by atoms with Gasteiger partial charge >= 0.3 is 6.09 Å². The summed E-state index contributed by atoms with van der Waals surface area (Å²) in [5.41, 5.74) is 1.43. The van der Waals surface area contributed by atoms with Crippen molar-refractivity contribution >= 4 is 17.6 Å². The molecule has 0 spiro atoms.